The molecular weight excluding hydrogens is 363 g/mol. The molecule has 0 aromatic carbocycles. The summed E-state index contributed by atoms with van der Waals surface area (Å²) in [4.78, 5) is 12.0. The highest BCUT2D eigenvalue weighted by atomic mass is 19.1. The van der Waals surface area contributed by atoms with Gasteiger partial charge in [-0.15, -0.1) is 0 Å². The van der Waals surface area contributed by atoms with Crippen LogP contribution in [0.1, 0.15) is 52.4 Å². The van der Waals surface area contributed by atoms with Crippen molar-refractivity contribution in [3.8, 4) is 0 Å². The van der Waals surface area contributed by atoms with Crippen LogP contribution >= 0.6 is 0 Å². The Morgan fingerprint density at radius 2 is 1.93 bits per heavy atom. The van der Waals surface area contributed by atoms with Crippen LogP contribution in [-0.2, 0) is 4.79 Å². The lowest BCUT2D eigenvalue weighted by Crippen LogP contribution is -2.62. The molecule has 0 spiro atoms. The SMILES string of the molecule is C=C1C[C@H]2[C@@H]3CC(CF)=C4CC(O)CC[C@]4(C)[C@@H]3C(O)C[C@]2(C)C1(O)C(=O)O. The fourth-order valence-electron chi connectivity index (χ4n) is 7.54. The van der Waals surface area contributed by atoms with Crippen LogP contribution < -0.4 is 0 Å². The first kappa shape index (κ1) is 20.0. The second-order valence-corrected chi connectivity index (χ2v) is 10.0. The molecular formula is C22H31FO5. The summed E-state index contributed by atoms with van der Waals surface area (Å²) in [7, 11) is 0. The van der Waals surface area contributed by atoms with E-state index >= 15 is 0 Å². The third-order valence-electron chi connectivity index (χ3n) is 8.89. The van der Waals surface area contributed by atoms with Gasteiger partial charge in [0.05, 0.1) is 12.2 Å². The second-order valence-electron chi connectivity index (χ2n) is 10.0. The van der Waals surface area contributed by atoms with Gasteiger partial charge in [-0.25, -0.2) is 9.18 Å². The summed E-state index contributed by atoms with van der Waals surface area (Å²) in [6.07, 6.45) is 1.47. The monoisotopic (exact) mass is 394 g/mol. The molecule has 0 bridgehead atoms. The second kappa shape index (κ2) is 6.13. The number of carboxylic acid groups (broad SMARTS) is 1. The summed E-state index contributed by atoms with van der Waals surface area (Å²) in [6, 6.07) is 0. The van der Waals surface area contributed by atoms with Crippen molar-refractivity contribution in [3.05, 3.63) is 23.3 Å². The number of aliphatic hydroxyl groups is 3. The smallest absolute Gasteiger partial charge is 0.340 e. The number of aliphatic carboxylic acids is 1. The molecule has 0 heterocycles. The Labute approximate surface area is 165 Å². The van der Waals surface area contributed by atoms with Crippen LogP contribution in [0.15, 0.2) is 23.3 Å². The van der Waals surface area contributed by atoms with Crippen LogP contribution in [0.2, 0.25) is 0 Å². The molecule has 4 N–H and O–H groups in total. The zero-order chi connectivity index (χ0) is 20.6. The Hall–Kier alpha value is -1.24. The van der Waals surface area contributed by atoms with Gasteiger partial charge in [0.1, 0.15) is 6.67 Å². The first-order valence-electron chi connectivity index (χ1n) is 10.3. The Balaban J connectivity index is 1.84. The summed E-state index contributed by atoms with van der Waals surface area (Å²) in [6.45, 7) is 7.09. The van der Waals surface area contributed by atoms with Gasteiger partial charge < -0.3 is 20.4 Å². The molecule has 156 valence electrons. The maximum Gasteiger partial charge on any atom is 0.340 e. The lowest BCUT2D eigenvalue weighted by atomic mass is 9.45. The quantitative estimate of drug-likeness (QED) is 0.540. The average molecular weight is 394 g/mol. The molecule has 28 heavy (non-hydrogen) atoms. The molecule has 3 fully saturated rings. The first-order chi connectivity index (χ1) is 13.0. The van der Waals surface area contributed by atoms with Gasteiger partial charge in [0.15, 0.2) is 5.60 Å². The molecule has 0 aromatic heterocycles. The topological polar surface area (TPSA) is 98.0 Å². The number of hydrogen-bond acceptors (Lipinski definition) is 4. The number of fused-ring (bicyclic) bond motifs is 5. The Kier molecular flexibility index (Phi) is 4.39. The number of halogens is 1. The fourth-order valence-corrected chi connectivity index (χ4v) is 7.54. The van der Waals surface area contributed by atoms with Crippen molar-refractivity contribution in [1.82, 2.24) is 0 Å². The number of carbonyl (C=O) groups is 1. The van der Waals surface area contributed by atoms with Crippen molar-refractivity contribution in [1.29, 1.82) is 0 Å². The van der Waals surface area contributed by atoms with E-state index in [4.69, 9.17) is 0 Å². The lowest BCUT2D eigenvalue weighted by molar-refractivity contribution is -0.188. The van der Waals surface area contributed by atoms with E-state index in [1.54, 1.807) is 6.92 Å². The Morgan fingerprint density at radius 1 is 1.25 bits per heavy atom. The number of aliphatic hydroxyl groups excluding tert-OH is 2. The Morgan fingerprint density at radius 3 is 2.54 bits per heavy atom. The number of carboxylic acids is 1. The van der Waals surface area contributed by atoms with Gasteiger partial charge in [-0.2, -0.15) is 0 Å². The lowest BCUT2D eigenvalue weighted by Gasteiger charge is -2.60. The zero-order valence-electron chi connectivity index (χ0n) is 16.6. The van der Waals surface area contributed by atoms with E-state index in [1.165, 1.54) is 0 Å². The third-order valence-corrected chi connectivity index (χ3v) is 8.89. The summed E-state index contributed by atoms with van der Waals surface area (Å²) >= 11 is 0. The maximum absolute atomic E-state index is 14.0. The van der Waals surface area contributed by atoms with Crippen LogP contribution in [-0.4, -0.2) is 50.9 Å². The van der Waals surface area contributed by atoms with Crippen molar-refractivity contribution >= 4 is 5.97 Å². The van der Waals surface area contributed by atoms with E-state index in [-0.39, 0.29) is 29.7 Å². The summed E-state index contributed by atoms with van der Waals surface area (Å²) in [5.74, 6) is -1.75. The van der Waals surface area contributed by atoms with Gasteiger partial charge >= 0.3 is 5.97 Å². The van der Waals surface area contributed by atoms with Crippen LogP contribution in [0.25, 0.3) is 0 Å². The summed E-state index contributed by atoms with van der Waals surface area (Å²) in [5.41, 5.74) is -1.61. The zero-order valence-corrected chi connectivity index (χ0v) is 16.6. The average Bonchev–Trinajstić information content (AvgIpc) is 2.83. The number of rotatable bonds is 2. The van der Waals surface area contributed by atoms with Gasteiger partial charge in [0.25, 0.3) is 0 Å². The van der Waals surface area contributed by atoms with Crippen molar-refractivity contribution < 1.29 is 29.6 Å². The molecule has 8 atom stereocenters. The molecule has 5 nitrogen and oxygen atoms in total. The van der Waals surface area contributed by atoms with Gasteiger partial charge in [-0.05, 0) is 72.8 Å². The summed E-state index contributed by atoms with van der Waals surface area (Å²) < 4.78 is 14.0. The van der Waals surface area contributed by atoms with Crippen molar-refractivity contribution in [2.24, 2.45) is 28.6 Å². The highest BCUT2D eigenvalue weighted by Crippen LogP contribution is 2.68. The van der Waals surface area contributed by atoms with Gasteiger partial charge in [-0.1, -0.05) is 26.0 Å². The van der Waals surface area contributed by atoms with Crippen LogP contribution in [0, 0.1) is 28.6 Å². The van der Waals surface area contributed by atoms with Crippen molar-refractivity contribution in [2.75, 3.05) is 6.67 Å². The highest BCUT2D eigenvalue weighted by Gasteiger charge is 2.70. The molecule has 0 aromatic rings. The maximum atomic E-state index is 14.0. The third kappa shape index (κ3) is 2.25. The molecule has 0 saturated heterocycles. The minimum absolute atomic E-state index is 0.117. The molecule has 3 unspecified atom stereocenters. The van der Waals surface area contributed by atoms with Crippen LogP contribution in [0.5, 0.6) is 0 Å². The van der Waals surface area contributed by atoms with Gasteiger partial charge in [0.2, 0.25) is 0 Å². The standard InChI is InChI=1S/C22H31FO5/c1-11-6-16-14-7-12(10-23)15-8-13(24)4-5-20(15,2)18(14)17(25)9-21(16,3)22(11,28)19(26)27/h13-14,16-18,24-25,28H,1,4-10H2,2-3H3,(H,26,27)/t13?,14-,16-,17?,18-,20-,21-,22?/m0/s1. The normalized spacial score (nSPS) is 50.8. The molecule has 6 heteroatoms. The molecule has 4 aliphatic rings. The molecule has 4 rings (SSSR count). The molecule has 0 amide bonds. The van der Waals surface area contributed by atoms with E-state index in [2.05, 4.69) is 13.5 Å². The fraction of sp³-hybridized carbons (Fsp3) is 0.773. The molecule has 0 radical (unpaired) electrons. The van der Waals surface area contributed by atoms with Crippen LogP contribution in [0.3, 0.4) is 0 Å². The van der Waals surface area contributed by atoms with E-state index in [0.29, 0.717) is 37.7 Å². The Bertz CT molecular complexity index is 762. The van der Waals surface area contributed by atoms with E-state index < -0.39 is 41.3 Å². The molecule has 0 aliphatic heterocycles. The van der Waals surface area contributed by atoms with E-state index in [1.807, 2.05) is 0 Å². The largest absolute Gasteiger partial charge is 0.479 e. The van der Waals surface area contributed by atoms with Crippen molar-refractivity contribution in [2.45, 2.75) is 70.2 Å². The van der Waals surface area contributed by atoms with Crippen LogP contribution in [0.4, 0.5) is 4.39 Å². The predicted molar refractivity (Wildman–Crippen MR) is 101 cm³/mol. The van der Waals surface area contributed by atoms with Crippen molar-refractivity contribution in [3.63, 3.8) is 0 Å². The number of allylic oxidation sites excluding steroid dienone is 1. The molecule has 4 aliphatic carbocycles. The minimum Gasteiger partial charge on any atom is -0.479 e. The van der Waals surface area contributed by atoms with E-state index in [9.17, 15) is 29.6 Å². The van der Waals surface area contributed by atoms with Gasteiger partial charge in [0, 0.05) is 5.41 Å². The number of alkyl halides is 1. The van der Waals surface area contributed by atoms with Gasteiger partial charge in [-0.3, -0.25) is 0 Å². The summed E-state index contributed by atoms with van der Waals surface area (Å²) in [5, 5.41) is 42.3. The minimum atomic E-state index is -2.08. The highest BCUT2D eigenvalue weighted by molar-refractivity contribution is 5.84. The van der Waals surface area contributed by atoms with E-state index in [0.717, 1.165) is 5.57 Å². The molecule has 3 saturated carbocycles. The first-order valence-corrected chi connectivity index (χ1v) is 10.3. The predicted octanol–water partition coefficient (Wildman–Crippen LogP) is 2.60. The number of hydrogen-bond donors (Lipinski definition) is 4.